The van der Waals surface area contributed by atoms with Crippen LogP contribution in [0, 0.1) is 21.4 Å². The molecule has 3 rings (SSSR count). The Morgan fingerprint density at radius 3 is 2.73 bits per heavy atom. The zero-order valence-corrected chi connectivity index (χ0v) is 11.9. The summed E-state index contributed by atoms with van der Waals surface area (Å²) in [7, 11) is 0. The van der Waals surface area contributed by atoms with Gasteiger partial charge in [-0.1, -0.05) is 0 Å². The molecule has 0 radical (unpaired) electrons. The minimum atomic E-state index is -0.477. The molecule has 1 saturated heterocycles. The summed E-state index contributed by atoms with van der Waals surface area (Å²) in [5.41, 5.74) is 2.22. The highest BCUT2D eigenvalue weighted by Gasteiger charge is 2.24. The van der Waals surface area contributed by atoms with E-state index in [0.717, 1.165) is 37.3 Å². The fraction of sp³-hybridized carbons (Fsp3) is 0.333. The van der Waals surface area contributed by atoms with Crippen molar-refractivity contribution in [1.82, 2.24) is 10.2 Å². The highest BCUT2D eigenvalue weighted by molar-refractivity contribution is 5.63. The van der Waals surface area contributed by atoms with Gasteiger partial charge in [-0.25, -0.2) is 0 Å². The zero-order valence-electron chi connectivity index (χ0n) is 11.9. The van der Waals surface area contributed by atoms with Crippen LogP contribution in [0.4, 0.5) is 11.4 Å². The van der Waals surface area contributed by atoms with E-state index in [1.165, 1.54) is 12.1 Å². The number of non-ortho nitro benzene ring substituents is 1. The van der Waals surface area contributed by atoms with Gasteiger partial charge in [0.15, 0.2) is 0 Å². The summed E-state index contributed by atoms with van der Waals surface area (Å²) in [5, 5.41) is 27.0. The van der Waals surface area contributed by atoms with E-state index in [9.17, 15) is 15.4 Å². The standard InChI is InChI=1S/C15H15N5O2/c16-10-12-9-13(20(21)22)1-2-15(12)19-7-4-11(5-8-19)14-3-6-17-18-14/h1-3,6,9,11H,4-5,7-8H2,(H,17,18). The van der Waals surface area contributed by atoms with E-state index < -0.39 is 4.92 Å². The van der Waals surface area contributed by atoms with Crippen molar-refractivity contribution in [2.45, 2.75) is 18.8 Å². The van der Waals surface area contributed by atoms with E-state index in [-0.39, 0.29) is 5.69 Å². The maximum absolute atomic E-state index is 10.8. The predicted octanol–water partition coefficient (Wildman–Crippen LogP) is 2.57. The van der Waals surface area contributed by atoms with Gasteiger partial charge in [-0.3, -0.25) is 15.2 Å². The Balaban J connectivity index is 1.76. The molecule has 2 heterocycles. The van der Waals surface area contributed by atoms with Gasteiger partial charge in [0, 0.05) is 43.0 Å². The Morgan fingerprint density at radius 1 is 1.36 bits per heavy atom. The molecular weight excluding hydrogens is 282 g/mol. The number of nitrogens with one attached hydrogen (secondary N) is 1. The molecule has 22 heavy (non-hydrogen) atoms. The van der Waals surface area contributed by atoms with Crippen LogP contribution < -0.4 is 4.90 Å². The Kier molecular flexibility index (Phi) is 3.74. The van der Waals surface area contributed by atoms with Gasteiger partial charge < -0.3 is 4.90 Å². The lowest BCUT2D eigenvalue weighted by atomic mass is 9.93. The topological polar surface area (TPSA) is 98.8 Å². The van der Waals surface area contributed by atoms with Crippen LogP contribution in [0.1, 0.15) is 30.0 Å². The molecule has 1 aliphatic rings. The summed E-state index contributed by atoms with van der Waals surface area (Å²) in [6.45, 7) is 1.63. The molecule has 1 aromatic carbocycles. The maximum Gasteiger partial charge on any atom is 0.270 e. The predicted molar refractivity (Wildman–Crippen MR) is 80.6 cm³/mol. The fourth-order valence-electron chi connectivity index (χ4n) is 2.93. The summed E-state index contributed by atoms with van der Waals surface area (Å²) in [6.07, 6.45) is 3.68. The summed E-state index contributed by atoms with van der Waals surface area (Å²) < 4.78 is 0. The average Bonchev–Trinajstić information content (AvgIpc) is 3.09. The number of aromatic nitrogens is 2. The van der Waals surface area contributed by atoms with E-state index in [1.807, 2.05) is 6.07 Å². The highest BCUT2D eigenvalue weighted by Crippen LogP contribution is 2.32. The number of nitriles is 1. The molecule has 0 bridgehead atoms. The first kappa shape index (κ1) is 14.1. The van der Waals surface area contributed by atoms with E-state index in [2.05, 4.69) is 21.2 Å². The zero-order chi connectivity index (χ0) is 15.5. The Morgan fingerprint density at radius 2 is 2.14 bits per heavy atom. The van der Waals surface area contributed by atoms with Crippen LogP contribution in [0.3, 0.4) is 0 Å². The summed E-state index contributed by atoms with van der Waals surface area (Å²) >= 11 is 0. The summed E-state index contributed by atoms with van der Waals surface area (Å²) in [5.74, 6) is 0.447. The van der Waals surface area contributed by atoms with Crippen molar-refractivity contribution < 1.29 is 4.92 Å². The lowest BCUT2D eigenvalue weighted by molar-refractivity contribution is -0.384. The lowest BCUT2D eigenvalue weighted by Gasteiger charge is -2.33. The molecule has 0 spiro atoms. The van der Waals surface area contributed by atoms with E-state index in [0.29, 0.717) is 11.5 Å². The molecule has 112 valence electrons. The van der Waals surface area contributed by atoms with Crippen LogP contribution in [0.25, 0.3) is 0 Å². The molecule has 1 N–H and O–H groups in total. The number of benzene rings is 1. The van der Waals surface area contributed by atoms with Crippen LogP contribution in [-0.4, -0.2) is 28.2 Å². The van der Waals surface area contributed by atoms with Crippen LogP contribution in [0.15, 0.2) is 30.5 Å². The Hall–Kier alpha value is -2.88. The van der Waals surface area contributed by atoms with Crippen molar-refractivity contribution in [1.29, 1.82) is 5.26 Å². The first-order valence-corrected chi connectivity index (χ1v) is 7.12. The van der Waals surface area contributed by atoms with Crippen LogP contribution in [0.2, 0.25) is 0 Å². The number of hydrogen-bond acceptors (Lipinski definition) is 5. The van der Waals surface area contributed by atoms with Crippen LogP contribution >= 0.6 is 0 Å². The molecule has 1 aromatic heterocycles. The highest BCUT2D eigenvalue weighted by atomic mass is 16.6. The number of nitro groups is 1. The van der Waals surface area contributed by atoms with Gasteiger partial charge in [0.25, 0.3) is 5.69 Å². The largest absolute Gasteiger partial charge is 0.370 e. The molecule has 1 fully saturated rings. The molecular formula is C15H15N5O2. The van der Waals surface area contributed by atoms with Gasteiger partial charge in [0.1, 0.15) is 6.07 Å². The number of aromatic amines is 1. The maximum atomic E-state index is 10.8. The van der Waals surface area contributed by atoms with Crippen molar-refractivity contribution >= 4 is 11.4 Å². The van der Waals surface area contributed by atoms with Gasteiger partial charge in [-0.15, -0.1) is 0 Å². The van der Waals surface area contributed by atoms with Gasteiger partial charge in [-0.2, -0.15) is 10.4 Å². The van der Waals surface area contributed by atoms with Gasteiger partial charge in [0.2, 0.25) is 0 Å². The smallest absolute Gasteiger partial charge is 0.270 e. The molecule has 0 amide bonds. The number of rotatable bonds is 3. The second-order valence-corrected chi connectivity index (χ2v) is 5.34. The Labute approximate surface area is 127 Å². The van der Waals surface area contributed by atoms with Gasteiger partial charge in [-0.05, 0) is 25.0 Å². The van der Waals surface area contributed by atoms with Crippen molar-refractivity contribution in [3.8, 4) is 6.07 Å². The van der Waals surface area contributed by atoms with Gasteiger partial charge in [0.05, 0.1) is 16.2 Å². The molecule has 1 aliphatic heterocycles. The normalized spacial score (nSPS) is 15.5. The lowest BCUT2D eigenvalue weighted by Crippen LogP contribution is -2.33. The molecule has 0 atom stereocenters. The van der Waals surface area contributed by atoms with Crippen molar-refractivity contribution in [3.63, 3.8) is 0 Å². The third kappa shape index (κ3) is 2.63. The molecule has 7 nitrogen and oxygen atoms in total. The second-order valence-electron chi connectivity index (χ2n) is 5.34. The minimum absolute atomic E-state index is 0.0485. The van der Waals surface area contributed by atoms with Crippen LogP contribution in [-0.2, 0) is 0 Å². The monoisotopic (exact) mass is 297 g/mol. The molecule has 7 heteroatoms. The Bertz CT molecular complexity index is 712. The first-order chi connectivity index (χ1) is 10.7. The quantitative estimate of drug-likeness (QED) is 0.693. The minimum Gasteiger partial charge on any atom is -0.370 e. The summed E-state index contributed by atoms with van der Waals surface area (Å²) in [4.78, 5) is 12.4. The number of hydrogen-bond donors (Lipinski definition) is 1. The van der Waals surface area contributed by atoms with Crippen LogP contribution in [0.5, 0.6) is 0 Å². The molecule has 0 unspecified atom stereocenters. The SMILES string of the molecule is N#Cc1cc([N+](=O)[O-])ccc1N1CCC(c2ccn[nH]2)CC1. The average molecular weight is 297 g/mol. The van der Waals surface area contributed by atoms with E-state index in [4.69, 9.17) is 0 Å². The third-order valence-electron chi connectivity index (χ3n) is 4.11. The number of nitro benzene ring substituents is 1. The van der Waals surface area contributed by atoms with Crippen molar-refractivity contribution in [3.05, 3.63) is 51.8 Å². The number of piperidine rings is 1. The first-order valence-electron chi connectivity index (χ1n) is 7.12. The van der Waals surface area contributed by atoms with Crippen molar-refractivity contribution in [2.24, 2.45) is 0 Å². The van der Waals surface area contributed by atoms with E-state index >= 15 is 0 Å². The van der Waals surface area contributed by atoms with E-state index in [1.54, 1.807) is 12.3 Å². The second kappa shape index (κ2) is 5.85. The van der Waals surface area contributed by atoms with Gasteiger partial charge >= 0.3 is 0 Å². The third-order valence-corrected chi connectivity index (χ3v) is 4.11. The number of nitrogens with zero attached hydrogens (tertiary/aromatic N) is 4. The molecule has 0 aliphatic carbocycles. The molecule has 2 aromatic rings. The summed E-state index contributed by atoms with van der Waals surface area (Å²) in [6, 6.07) is 8.53. The van der Waals surface area contributed by atoms with Crippen molar-refractivity contribution in [2.75, 3.05) is 18.0 Å². The molecule has 0 saturated carbocycles. The number of anilines is 1. The number of H-pyrrole nitrogens is 1. The fourth-order valence-corrected chi connectivity index (χ4v) is 2.93.